The molecule has 0 nitrogen and oxygen atoms in total. The highest BCUT2D eigenvalue weighted by Gasteiger charge is 2.82. The molecule has 0 saturated heterocycles. The van der Waals surface area contributed by atoms with Crippen LogP contribution < -0.4 is 0 Å². The van der Waals surface area contributed by atoms with Crippen molar-refractivity contribution in [2.45, 2.75) is 214 Å². The van der Waals surface area contributed by atoms with Crippen LogP contribution in [0.2, 0.25) is 0 Å². The van der Waals surface area contributed by atoms with Crippen molar-refractivity contribution in [1.29, 1.82) is 0 Å². The molecular weight excluding hydrogens is 613 g/mol. The molecule has 0 spiro atoms. The van der Waals surface area contributed by atoms with Crippen LogP contribution in [0.1, 0.15) is 214 Å². The molecule has 0 heterocycles. The van der Waals surface area contributed by atoms with E-state index in [1.807, 2.05) is 27.7 Å². The fraction of sp³-hybridized carbons (Fsp3) is 0.843. The van der Waals surface area contributed by atoms with Gasteiger partial charge in [0.15, 0.2) is 0 Å². The minimum atomic E-state index is 0.162. The monoisotopic (exact) mass is 701 g/mol. The van der Waals surface area contributed by atoms with Crippen molar-refractivity contribution >= 4 is 0 Å². The minimum Gasteiger partial charge on any atom is -0.0998 e. The Morgan fingerprint density at radius 2 is 1.16 bits per heavy atom. The van der Waals surface area contributed by atoms with Crippen LogP contribution in [0.5, 0.6) is 0 Å². The largest absolute Gasteiger partial charge is 0.0998 e. The molecule has 1 unspecified atom stereocenters. The summed E-state index contributed by atoms with van der Waals surface area (Å²) >= 11 is 0. The van der Waals surface area contributed by atoms with Gasteiger partial charge in [-0.05, 0) is 181 Å². The normalized spacial score (nSPS) is 48.1. The second-order valence-electron chi connectivity index (χ2n) is 20.7. The summed E-state index contributed by atoms with van der Waals surface area (Å²) in [7, 11) is 0. The lowest BCUT2D eigenvalue weighted by molar-refractivity contribution is -0.348. The molecule has 0 heteroatoms. The average molecular weight is 701 g/mol. The maximum absolute atomic E-state index is 4.72. The lowest BCUT2D eigenvalue weighted by Gasteiger charge is -2.84. The molecule has 0 bridgehead atoms. The predicted molar refractivity (Wildman–Crippen MR) is 228 cm³/mol. The number of rotatable bonds is 6. The van der Waals surface area contributed by atoms with Crippen molar-refractivity contribution in [2.24, 2.45) is 60.1 Å². The van der Waals surface area contributed by atoms with Gasteiger partial charge in [0.05, 0.1) is 0 Å². The quantitative estimate of drug-likeness (QED) is 0.242. The molecule has 6 rings (SSSR count). The van der Waals surface area contributed by atoms with Crippen LogP contribution in [-0.4, -0.2) is 0 Å². The first kappa shape index (κ1) is 42.7. The second kappa shape index (κ2) is 13.6. The third-order valence-corrected chi connectivity index (χ3v) is 20.6. The maximum atomic E-state index is 4.72. The first-order valence-corrected chi connectivity index (χ1v) is 22.4. The lowest BCUT2D eigenvalue weighted by atomic mass is 9.20. The Bertz CT molecular complexity index is 1400. The summed E-state index contributed by atoms with van der Waals surface area (Å²) in [5.74, 6) is 0.670. The summed E-state index contributed by atoms with van der Waals surface area (Å²) in [6.45, 7) is 51.6. The molecule has 292 valence electrons. The molecule has 6 aliphatic carbocycles. The first-order valence-electron chi connectivity index (χ1n) is 22.4. The Morgan fingerprint density at radius 1 is 0.608 bits per heavy atom. The van der Waals surface area contributed by atoms with Crippen LogP contribution >= 0.6 is 0 Å². The van der Waals surface area contributed by atoms with E-state index in [9.17, 15) is 0 Å². The fourth-order valence-corrected chi connectivity index (χ4v) is 17.3. The Morgan fingerprint density at radius 3 is 1.65 bits per heavy atom. The Balaban J connectivity index is 0.00000141. The van der Waals surface area contributed by atoms with Crippen LogP contribution in [0.3, 0.4) is 0 Å². The predicted octanol–water partition coefficient (Wildman–Crippen LogP) is 16.7. The third-order valence-electron chi connectivity index (χ3n) is 20.6. The highest BCUT2D eigenvalue weighted by molar-refractivity contribution is 5.45. The van der Waals surface area contributed by atoms with Crippen molar-refractivity contribution in [3.8, 4) is 0 Å². The van der Waals surface area contributed by atoms with Gasteiger partial charge in [0, 0.05) is 0 Å². The second-order valence-corrected chi connectivity index (χ2v) is 20.7. The number of fused-ring (bicyclic) bond motifs is 7. The standard InChI is InChI=1S/C47H76.2C2H6/c1-16-45-31-29-42(13)41(12)28-27-40(11)25-21-36(33(4)5)47(40,18-3)43(41,14)30-32-46(42,17-2)44(45,15)26-22-37(38(45,8)9)35-19-23-39(10,24-20-35)34(6)7;2*1-2/h19,22,36H,4,6,16-18,20-21,23-32H2,1-3,5,7-15H3;2*1-2H3/t36-,39-,40+,41-,42-,43?,44-,45-,46-,47-;;/m0../s1. The van der Waals surface area contributed by atoms with Crippen molar-refractivity contribution in [3.63, 3.8) is 0 Å². The Hall–Kier alpha value is -1.04. The van der Waals surface area contributed by atoms with Gasteiger partial charge in [-0.1, -0.05) is 140 Å². The number of hydrogen-bond donors (Lipinski definition) is 0. The zero-order chi connectivity index (χ0) is 38.9. The van der Waals surface area contributed by atoms with Gasteiger partial charge in [-0.3, -0.25) is 0 Å². The molecule has 51 heavy (non-hydrogen) atoms. The van der Waals surface area contributed by atoms with Crippen molar-refractivity contribution in [2.75, 3.05) is 0 Å². The van der Waals surface area contributed by atoms with Gasteiger partial charge in [-0.15, -0.1) is 0 Å². The number of allylic oxidation sites excluding steroid dienone is 6. The Labute approximate surface area is 320 Å². The average Bonchev–Trinajstić information content (AvgIpc) is 3.43. The summed E-state index contributed by atoms with van der Waals surface area (Å²) in [5, 5.41) is 0. The summed E-state index contributed by atoms with van der Waals surface area (Å²) in [4.78, 5) is 0. The molecule has 0 aromatic heterocycles. The van der Waals surface area contributed by atoms with Crippen LogP contribution in [0, 0.1) is 60.1 Å². The van der Waals surface area contributed by atoms with E-state index in [-0.39, 0.29) is 16.2 Å². The molecule has 6 aliphatic rings. The van der Waals surface area contributed by atoms with Crippen LogP contribution in [0.4, 0.5) is 0 Å². The summed E-state index contributed by atoms with van der Waals surface area (Å²) in [6, 6.07) is 0. The van der Waals surface area contributed by atoms with Crippen LogP contribution in [-0.2, 0) is 0 Å². The topological polar surface area (TPSA) is 0 Å². The van der Waals surface area contributed by atoms with Crippen molar-refractivity contribution in [3.05, 3.63) is 47.6 Å². The Kier molecular flexibility index (Phi) is 11.4. The lowest BCUT2D eigenvalue weighted by Crippen LogP contribution is -2.77. The zero-order valence-corrected chi connectivity index (χ0v) is 37.8. The highest BCUT2D eigenvalue weighted by atomic mass is 14.9. The molecule has 4 fully saturated rings. The van der Waals surface area contributed by atoms with Gasteiger partial charge in [0.1, 0.15) is 0 Å². The van der Waals surface area contributed by atoms with Gasteiger partial charge in [0.25, 0.3) is 0 Å². The van der Waals surface area contributed by atoms with E-state index in [1.165, 1.54) is 101 Å². The fourth-order valence-electron chi connectivity index (χ4n) is 17.3. The van der Waals surface area contributed by atoms with E-state index in [2.05, 4.69) is 109 Å². The smallest absolute Gasteiger partial charge is 0.00423 e. The van der Waals surface area contributed by atoms with E-state index in [0.29, 0.717) is 43.8 Å². The molecule has 0 N–H and O–H groups in total. The van der Waals surface area contributed by atoms with E-state index >= 15 is 0 Å². The van der Waals surface area contributed by atoms with Crippen LogP contribution in [0.15, 0.2) is 47.6 Å². The minimum absolute atomic E-state index is 0.162. The van der Waals surface area contributed by atoms with E-state index < -0.39 is 0 Å². The molecule has 10 atom stereocenters. The summed E-state index contributed by atoms with van der Waals surface area (Å²) in [5.41, 5.74) is 9.32. The van der Waals surface area contributed by atoms with Gasteiger partial charge in [-0.25, -0.2) is 0 Å². The van der Waals surface area contributed by atoms with Gasteiger partial charge >= 0.3 is 0 Å². The van der Waals surface area contributed by atoms with Gasteiger partial charge < -0.3 is 0 Å². The molecule has 4 saturated carbocycles. The maximum Gasteiger partial charge on any atom is -0.00423 e. The zero-order valence-electron chi connectivity index (χ0n) is 37.8. The van der Waals surface area contributed by atoms with Gasteiger partial charge in [0.2, 0.25) is 0 Å². The molecule has 0 radical (unpaired) electrons. The molecule has 0 aliphatic heterocycles. The van der Waals surface area contributed by atoms with Crippen molar-refractivity contribution in [1.82, 2.24) is 0 Å². The number of hydrogen-bond acceptors (Lipinski definition) is 0. The highest BCUT2D eigenvalue weighted by Crippen LogP contribution is 2.90. The molecule has 0 aromatic carbocycles. The summed E-state index contributed by atoms with van der Waals surface area (Å²) in [6.07, 6.45) is 25.5. The van der Waals surface area contributed by atoms with Gasteiger partial charge in [-0.2, -0.15) is 0 Å². The SMILES string of the molecule is C=C(C)[C@@H]1CC[C@]2(C)CC[C@]3(C)C(C)(CC[C@]4(CC)[C@@]5(C)CC=C(C6=CC[C@](C)(C(=C)C)CC6)C(C)(C)[C@]5(CC)CC[C@]43C)[C@@]12CC.CC.CC. The summed E-state index contributed by atoms with van der Waals surface area (Å²) < 4.78 is 0. The van der Waals surface area contributed by atoms with Crippen LogP contribution in [0.25, 0.3) is 0 Å². The first-order chi connectivity index (χ1) is 23.7. The van der Waals surface area contributed by atoms with E-state index in [1.54, 1.807) is 11.1 Å². The van der Waals surface area contributed by atoms with E-state index in [0.717, 1.165) is 6.42 Å². The molecule has 0 amide bonds. The molecule has 0 aromatic rings. The van der Waals surface area contributed by atoms with E-state index in [4.69, 9.17) is 6.58 Å². The third kappa shape index (κ3) is 4.74. The van der Waals surface area contributed by atoms with Crippen molar-refractivity contribution < 1.29 is 0 Å². The molecular formula is C51H88.